The van der Waals surface area contributed by atoms with E-state index in [0.717, 1.165) is 37.3 Å². The first-order valence-corrected chi connectivity index (χ1v) is 5.92. The topological polar surface area (TPSA) is 40.0 Å². The van der Waals surface area contributed by atoms with Crippen LogP contribution in [-0.2, 0) is 6.54 Å². The van der Waals surface area contributed by atoms with Gasteiger partial charge in [-0.05, 0) is 32.4 Å². The van der Waals surface area contributed by atoms with Crippen molar-refractivity contribution >= 4 is 5.84 Å². The largest absolute Gasteiger partial charge is 0.355 e. The maximum atomic E-state index is 7.95. The molecule has 0 saturated carbocycles. The second-order valence-corrected chi connectivity index (χ2v) is 3.98. The molecule has 0 atom stereocenters. The highest BCUT2D eigenvalue weighted by Gasteiger charge is 2.08. The van der Waals surface area contributed by atoms with Crippen LogP contribution in [0.2, 0.25) is 0 Å². The van der Waals surface area contributed by atoms with E-state index in [4.69, 9.17) is 5.41 Å². The van der Waals surface area contributed by atoms with E-state index in [1.807, 2.05) is 25.1 Å². The van der Waals surface area contributed by atoms with E-state index in [-0.39, 0.29) is 0 Å². The van der Waals surface area contributed by atoms with E-state index in [2.05, 4.69) is 23.7 Å². The van der Waals surface area contributed by atoms with Crippen LogP contribution < -0.4 is 0 Å². The Kier molecular flexibility index (Phi) is 4.96. The summed E-state index contributed by atoms with van der Waals surface area (Å²) in [6.07, 6.45) is 1.87. The van der Waals surface area contributed by atoms with Crippen molar-refractivity contribution in [2.45, 2.75) is 40.2 Å². The lowest BCUT2D eigenvalue weighted by molar-refractivity contribution is 0.416. The van der Waals surface area contributed by atoms with Gasteiger partial charge in [0.15, 0.2) is 0 Å². The van der Waals surface area contributed by atoms with E-state index < -0.39 is 0 Å². The fourth-order valence-electron chi connectivity index (χ4n) is 1.68. The van der Waals surface area contributed by atoms with Crippen molar-refractivity contribution in [3.05, 3.63) is 29.6 Å². The molecule has 0 radical (unpaired) electrons. The highest BCUT2D eigenvalue weighted by atomic mass is 15.2. The third-order valence-corrected chi connectivity index (χ3v) is 2.55. The van der Waals surface area contributed by atoms with Crippen molar-refractivity contribution in [3.63, 3.8) is 0 Å². The number of pyridine rings is 1. The number of aromatic nitrogens is 1. The van der Waals surface area contributed by atoms with Crippen molar-refractivity contribution in [1.82, 2.24) is 9.88 Å². The van der Waals surface area contributed by atoms with Crippen LogP contribution >= 0.6 is 0 Å². The molecule has 88 valence electrons. The summed E-state index contributed by atoms with van der Waals surface area (Å²) in [6, 6.07) is 6.04. The second kappa shape index (κ2) is 6.26. The van der Waals surface area contributed by atoms with Crippen LogP contribution in [0.1, 0.15) is 38.1 Å². The molecule has 0 aliphatic rings. The van der Waals surface area contributed by atoms with Gasteiger partial charge in [-0.15, -0.1) is 0 Å². The first kappa shape index (κ1) is 12.7. The molecule has 1 aromatic heterocycles. The van der Waals surface area contributed by atoms with Crippen LogP contribution in [0.4, 0.5) is 0 Å². The summed E-state index contributed by atoms with van der Waals surface area (Å²) in [6.45, 7) is 7.80. The molecule has 1 heterocycles. The van der Waals surface area contributed by atoms with E-state index >= 15 is 0 Å². The fraction of sp³-hybridized carbons (Fsp3) is 0.538. The number of rotatable bonds is 5. The number of nitrogens with one attached hydrogen (secondary N) is 1. The lowest BCUT2D eigenvalue weighted by atomic mass is 10.2. The Hall–Kier alpha value is -1.38. The van der Waals surface area contributed by atoms with Crippen molar-refractivity contribution in [1.29, 1.82) is 5.41 Å². The highest BCUT2D eigenvalue weighted by molar-refractivity contribution is 5.78. The van der Waals surface area contributed by atoms with E-state index in [0.29, 0.717) is 5.84 Å². The van der Waals surface area contributed by atoms with Crippen LogP contribution in [-0.4, -0.2) is 22.3 Å². The summed E-state index contributed by atoms with van der Waals surface area (Å²) in [5, 5.41) is 7.95. The molecule has 0 spiro atoms. The average Bonchev–Trinajstić information content (AvgIpc) is 2.26. The number of nitrogens with zero attached hydrogens (tertiary/aromatic N) is 2. The van der Waals surface area contributed by atoms with Crippen molar-refractivity contribution in [2.24, 2.45) is 0 Å². The predicted molar refractivity (Wildman–Crippen MR) is 67.7 cm³/mol. The Morgan fingerprint density at radius 3 is 2.69 bits per heavy atom. The summed E-state index contributed by atoms with van der Waals surface area (Å²) in [5.41, 5.74) is 2.08. The van der Waals surface area contributed by atoms with Gasteiger partial charge in [0.25, 0.3) is 0 Å². The smallest absolute Gasteiger partial charge is 0.0960 e. The summed E-state index contributed by atoms with van der Waals surface area (Å²) in [5.74, 6) is 0.716. The normalized spacial score (nSPS) is 10.2. The molecular weight excluding hydrogens is 198 g/mol. The predicted octanol–water partition coefficient (Wildman–Crippen LogP) is 2.99. The van der Waals surface area contributed by atoms with Gasteiger partial charge in [0, 0.05) is 18.7 Å². The molecular formula is C13H21N3. The van der Waals surface area contributed by atoms with Gasteiger partial charge < -0.3 is 4.90 Å². The molecule has 16 heavy (non-hydrogen) atoms. The molecule has 0 fully saturated rings. The van der Waals surface area contributed by atoms with Crippen LogP contribution in [0.15, 0.2) is 18.2 Å². The molecule has 1 aromatic rings. The minimum atomic E-state index is 0.716. The van der Waals surface area contributed by atoms with Crippen LogP contribution in [0, 0.1) is 12.3 Å². The summed E-state index contributed by atoms with van der Waals surface area (Å²) in [7, 11) is 0. The van der Waals surface area contributed by atoms with Crippen molar-refractivity contribution in [3.8, 4) is 0 Å². The Morgan fingerprint density at radius 1 is 1.38 bits per heavy atom. The fourth-order valence-corrected chi connectivity index (χ4v) is 1.68. The van der Waals surface area contributed by atoms with Gasteiger partial charge in [0.2, 0.25) is 0 Å². The summed E-state index contributed by atoms with van der Waals surface area (Å²) < 4.78 is 0. The van der Waals surface area contributed by atoms with Crippen LogP contribution in [0.25, 0.3) is 0 Å². The van der Waals surface area contributed by atoms with Crippen molar-refractivity contribution < 1.29 is 0 Å². The molecule has 3 nitrogen and oxygen atoms in total. The zero-order valence-electron chi connectivity index (χ0n) is 10.5. The highest BCUT2D eigenvalue weighted by Crippen LogP contribution is 2.06. The lowest BCUT2D eigenvalue weighted by Crippen LogP contribution is -2.29. The Bertz CT molecular complexity index is 347. The Labute approximate surface area is 98.0 Å². The molecule has 0 amide bonds. The number of amidine groups is 1. The second-order valence-electron chi connectivity index (χ2n) is 3.98. The van der Waals surface area contributed by atoms with E-state index in [1.165, 1.54) is 0 Å². The third kappa shape index (κ3) is 3.65. The van der Waals surface area contributed by atoms with E-state index in [1.54, 1.807) is 0 Å². The summed E-state index contributed by atoms with van der Waals surface area (Å²) in [4.78, 5) is 6.54. The molecule has 0 saturated heterocycles. The summed E-state index contributed by atoms with van der Waals surface area (Å²) >= 11 is 0. The zero-order valence-corrected chi connectivity index (χ0v) is 10.5. The molecule has 0 aromatic carbocycles. The minimum absolute atomic E-state index is 0.716. The maximum absolute atomic E-state index is 7.95. The standard InChI is InChI=1S/C13H21N3/c1-4-7-13(14)16(5-2)10-12-9-6-8-11(3)15-12/h6,8-9,14H,4-5,7,10H2,1-3H3. The number of hydrogen-bond donors (Lipinski definition) is 1. The minimum Gasteiger partial charge on any atom is -0.355 e. The van der Waals surface area contributed by atoms with Gasteiger partial charge in [-0.1, -0.05) is 13.0 Å². The molecule has 0 unspecified atom stereocenters. The SMILES string of the molecule is CCCC(=N)N(CC)Cc1cccc(C)n1. The molecule has 0 aliphatic heterocycles. The first-order valence-electron chi connectivity index (χ1n) is 5.92. The molecule has 1 N–H and O–H groups in total. The molecule has 0 bridgehead atoms. The van der Waals surface area contributed by atoms with Gasteiger partial charge in [-0.3, -0.25) is 10.4 Å². The lowest BCUT2D eigenvalue weighted by Gasteiger charge is -2.23. The quantitative estimate of drug-likeness (QED) is 0.611. The molecule has 1 rings (SSSR count). The first-order chi connectivity index (χ1) is 7.67. The van der Waals surface area contributed by atoms with Gasteiger partial charge in [-0.2, -0.15) is 0 Å². The van der Waals surface area contributed by atoms with Crippen LogP contribution in [0.3, 0.4) is 0 Å². The van der Waals surface area contributed by atoms with Gasteiger partial charge in [0.05, 0.1) is 18.1 Å². The monoisotopic (exact) mass is 219 g/mol. The Balaban J connectivity index is 2.66. The van der Waals surface area contributed by atoms with Gasteiger partial charge in [-0.25, -0.2) is 0 Å². The number of aryl methyl sites for hydroxylation is 1. The molecule has 0 aliphatic carbocycles. The van der Waals surface area contributed by atoms with Gasteiger partial charge in [0.1, 0.15) is 0 Å². The number of hydrogen-bond acceptors (Lipinski definition) is 2. The zero-order chi connectivity index (χ0) is 12.0. The average molecular weight is 219 g/mol. The Morgan fingerprint density at radius 2 is 2.12 bits per heavy atom. The maximum Gasteiger partial charge on any atom is 0.0960 e. The third-order valence-electron chi connectivity index (χ3n) is 2.55. The van der Waals surface area contributed by atoms with Crippen LogP contribution in [0.5, 0.6) is 0 Å². The van der Waals surface area contributed by atoms with Crippen molar-refractivity contribution in [2.75, 3.05) is 6.54 Å². The van der Waals surface area contributed by atoms with E-state index in [9.17, 15) is 0 Å². The van der Waals surface area contributed by atoms with Gasteiger partial charge >= 0.3 is 0 Å². The molecule has 3 heteroatoms.